The molecule has 4 heteroatoms. The molecule has 22 heavy (non-hydrogen) atoms. The maximum atomic E-state index is 12.7. The van der Waals surface area contributed by atoms with Crippen molar-refractivity contribution in [3.63, 3.8) is 0 Å². The molecule has 0 radical (unpaired) electrons. The lowest BCUT2D eigenvalue weighted by Crippen LogP contribution is -2.52. The van der Waals surface area contributed by atoms with E-state index in [1.165, 1.54) is 0 Å². The summed E-state index contributed by atoms with van der Waals surface area (Å²) in [6.45, 7) is 8.18. The molecule has 1 aromatic rings. The van der Waals surface area contributed by atoms with Crippen molar-refractivity contribution < 1.29 is 9.90 Å². The van der Waals surface area contributed by atoms with Crippen LogP contribution in [-0.2, 0) is 6.42 Å². The summed E-state index contributed by atoms with van der Waals surface area (Å²) in [4.78, 5) is 14.6. The van der Waals surface area contributed by atoms with Crippen molar-refractivity contribution in [2.45, 2.75) is 51.7 Å². The van der Waals surface area contributed by atoms with E-state index in [1.54, 1.807) is 0 Å². The van der Waals surface area contributed by atoms with Gasteiger partial charge in [0.05, 0.1) is 5.60 Å². The molecule has 2 N–H and O–H groups in total. The normalized spacial score (nSPS) is 19.3. The molecule has 0 spiro atoms. The molecular weight excluding hydrogens is 276 g/mol. The van der Waals surface area contributed by atoms with Crippen molar-refractivity contribution >= 4 is 5.91 Å². The van der Waals surface area contributed by atoms with Crippen LogP contribution in [0, 0.1) is 0 Å². The van der Waals surface area contributed by atoms with Gasteiger partial charge in [0.1, 0.15) is 0 Å². The van der Waals surface area contributed by atoms with Gasteiger partial charge in [-0.2, -0.15) is 0 Å². The zero-order valence-electron chi connectivity index (χ0n) is 13.9. The topological polar surface area (TPSA) is 52.6 Å². The SMILES string of the molecule is CC[C@H]1CN(C(=O)c2cccc(CCC(C)(C)O)c2)CCN1. The van der Waals surface area contributed by atoms with E-state index >= 15 is 0 Å². The molecule has 1 aliphatic heterocycles. The van der Waals surface area contributed by atoms with Crippen LogP contribution in [0.4, 0.5) is 0 Å². The molecule has 0 aliphatic carbocycles. The van der Waals surface area contributed by atoms with Crippen LogP contribution in [0.5, 0.6) is 0 Å². The van der Waals surface area contributed by atoms with Crippen molar-refractivity contribution in [1.82, 2.24) is 10.2 Å². The molecule has 1 atom stereocenters. The molecule has 0 saturated carbocycles. The molecule has 0 bridgehead atoms. The Kier molecular flexibility index (Phi) is 5.59. The number of nitrogens with zero attached hydrogens (tertiary/aromatic N) is 1. The molecule has 1 fully saturated rings. The van der Waals surface area contributed by atoms with Gasteiger partial charge in [0.2, 0.25) is 0 Å². The average Bonchev–Trinajstić information content (AvgIpc) is 2.52. The van der Waals surface area contributed by atoms with Crippen molar-refractivity contribution in [3.05, 3.63) is 35.4 Å². The third kappa shape index (κ3) is 4.82. The summed E-state index contributed by atoms with van der Waals surface area (Å²) in [6, 6.07) is 8.22. The highest BCUT2D eigenvalue weighted by Gasteiger charge is 2.23. The second-order valence-corrected chi connectivity index (χ2v) is 6.82. The molecule has 0 unspecified atom stereocenters. The second kappa shape index (κ2) is 7.25. The van der Waals surface area contributed by atoms with E-state index in [4.69, 9.17) is 0 Å². The van der Waals surface area contributed by atoms with E-state index in [0.717, 1.165) is 43.6 Å². The highest BCUT2D eigenvalue weighted by atomic mass is 16.3. The summed E-state index contributed by atoms with van der Waals surface area (Å²) in [5.74, 6) is 0.116. The van der Waals surface area contributed by atoms with Gasteiger partial charge in [-0.25, -0.2) is 0 Å². The smallest absolute Gasteiger partial charge is 0.253 e. The van der Waals surface area contributed by atoms with Gasteiger partial charge in [-0.1, -0.05) is 19.1 Å². The predicted octanol–water partition coefficient (Wildman–Crippen LogP) is 2.21. The van der Waals surface area contributed by atoms with Crippen molar-refractivity contribution in [3.8, 4) is 0 Å². The first-order chi connectivity index (χ1) is 10.4. The largest absolute Gasteiger partial charge is 0.390 e. The Morgan fingerprint density at radius 3 is 2.91 bits per heavy atom. The first-order valence-electron chi connectivity index (χ1n) is 8.23. The molecule has 0 aromatic heterocycles. The minimum absolute atomic E-state index is 0.116. The van der Waals surface area contributed by atoms with Gasteiger partial charge in [-0.05, 0) is 50.8 Å². The molecule has 4 nitrogen and oxygen atoms in total. The fourth-order valence-electron chi connectivity index (χ4n) is 2.78. The average molecular weight is 304 g/mol. The standard InChI is InChI=1S/C18H28N2O2/c1-4-16-13-20(11-10-19-16)17(21)15-7-5-6-14(12-15)8-9-18(2,3)22/h5-7,12,16,19,22H,4,8-11,13H2,1-3H3/t16-/m0/s1. The Hall–Kier alpha value is -1.39. The summed E-state index contributed by atoms with van der Waals surface area (Å²) in [6.07, 6.45) is 2.51. The summed E-state index contributed by atoms with van der Waals surface area (Å²) in [7, 11) is 0. The van der Waals surface area contributed by atoms with Gasteiger partial charge in [-0.3, -0.25) is 4.79 Å². The number of aryl methyl sites for hydroxylation is 1. The first-order valence-corrected chi connectivity index (χ1v) is 8.23. The van der Waals surface area contributed by atoms with E-state index in [2.05, 4.69) is 12.2 Å². The highest BCUT2D eigenvalue weighted by Crippen LogP contribution is 2.16. The number of carbonyl (C=O) groups excluding carboxylic acids is 1. The number of nitrogens with one attached hydrogen (secondary N) is 1. The summed E-state index contributed by atoms with van der Waals surface area (Å²) < 4.78 is 0. The van der Waals surface area contributed by atoms with Crippen LogP contribution in [0.25, 0.3) is 0 Å². The number of aliphatic hydroxyl groups is 1. The lowest BCUT2D eigenvalue weighted by Gasteiger charge is -2.33. The fraction of sp³-hybridized carbons (Fsp3) is 0.611. The van der Waals surface area contributed by atoms with E-state index in [9.17, 15) is 9.90 Å². The molecule has 1 aromatic carbocycles. The van der Waals surface area contributed by atoms with Crippen molar-refractivity contribution in [1.29, 1.82) is 0 Å². The predicted molar refractivity (Wildman–Crippen MR) is 89.0 cm³/mol. The first kappa shape index (κ1) is 17.0. The molecule has 122 valence electrons. The summed E-state index contributed by atoms with van der Waals surface area (Å²) >= 11 is 0. The maximum absolute atomic E-state index is 12.7. The second-order valence-electron chi connectivity index (χ2n) is 6.82. The number of hydrogen-bond acceptors (Lipinski definition) is 3. The number of piperazine rings is 1. The quantitative estimate of drug-likeness (QED) is 0.877. The third-order valence-corrected chi connectivity index (χ3v) is 4.23. The van der Waals surface area contributed by atoms with E-state index in [-0.39, 0.29) is 5.91 Å². The van der Waals surface area contributed by atoms with Crippen LogP contribution in [0.2, 0.25) is 0 Å². The van der Waals surface area contributed by atoms with E-state index in [1.807, 2.05) is 43.0 Å². The Balaban J connectivity index is 2.03. The highest BCUT2D eigenvalue weighted by molar-refractivity contribution is 5.94. The van der Waals surface area contributed by atoms with Crippen molar-refractivity contribution in [2.24, 2.45) is 0 Å². The number of benzene rings is 1. The minimum atomic E-state index is -0.674. The van der Waals surface area contributed by atoms with Gasteiger partial charge < -0.3 is 15.3 Å². The van der Waals surface area contributed by atoms with Gasteiger partial charge in [-0.15, -0.1) is 0 Å². The van der Waals surface area contributed by atoms with Crippen LogP contribution in [0.1, 0.15) is 49.5 Å². The Bertz CT molecular complexity index is 508. The monoisotopic (exact) mass is 304 g/mol. The van der Waals surface area contributed by atoms with Crippen LogP contribution in [0.15, 0.2) is 24.3 Å². The third-order valence-electron chi connectivity index (χ3n) is 4.23. The molecule has 1 amide bonds. The zero-order chi connectivity index (χ0) is 16.2. The minimum Gasteiger partial charge on any atom is -0.390 e. The van der Waals surface area contributed by atoms with Gasteiger partial charge >= 0.3 is 0 Å². The number of amides is 1. The molecular formula is C18H28N2O2. The number of hydrogen-bond donors (Lipinski definition) is 2. The lowest BCUT2D eigenvalue weighted by atomic mass is 9.97. The van der Waals surface area contributed by atoms with Crippen LogP contribution < -0.4 is 5.32 Å². The Labute approximate surface area is 133 Å². The summed E-state index contributed by atoms with van der Waals surface area (Å²) in [5.41, 5.74) is 1.19. The zero-order valence-corrected chi connectivity index (χ0v) is 13.9. The van der Waals surface area contributed by atoms with E-state index < -0.39 is 5.60 Å². The number of rotatable bonds is 5. The fourth-order valence-corrected chi connectivity index (χ4v) is 2.78. The number of carbonyl (C=O) groups is 1. The molecule has 1 heterocycles. The summed E-state index contributed by atoms with van der Waals surface area (Å²) in [5, 5.41) is 13.3. The molecule has 1 aliphatic rings. The van der Waals surface area contributed by atoms with Crippen LogP contribution in [-0.4, -0.2) is 47.2 Å². The maximum Gasteiger partial charge on any atom is 0.253 e. The van der Waals surface area contributed by atoms with Gasteiger partial charge in [0.15, 0.2) is 0 Å². The van der Waals surface area contributed by atoms with Gasteiger partial charge in [0, 0.05) is 31.2 Å². The Morgan fingerprint density at radius 2 is 2.23 bits per heavy atom. The van der Waals surface area contributed by atoms with Crippen LogP contribution >= 0.6 is 0 Å². The van der Waals surface area contributed by atoms with Gasteiger partial charge in [0.25, 0.3) is 5.91 Å². The van der Waals surface area contributed by atoms with Crippen molar-refractivity contribution in [2.75, 3.05) is 19.6 Å². The Morgan fingerprint density at radius 1 is 1.45 bits per heavy atom. The van der Waals surface area contributed by atoms with Crippen LogP contribution in [0.3, 0.4) is 0 Å². The van der Waals surface area contributed by atoms with E-state index in [0.29, 0.717) is 12.5 Å². The molecule has 1 saturated heterocycles. The lowest BCUT2D eigenvalue weighted by molar-refractivity contribution is 0.0701. The molecule has 2 rings (SSSR count).